The number of aryl methyl sites for hydroxylation is 1. The SMILES string of the molecule is CNC(C)c1cc(Br)ccc1-n1cc(C)cn1. The molecule has 0 bridgehead atoms. The van der Waals surface area contributed by atoms with E-state index < -0.39 is 0 Å². The minimum atomic E-state index is 0.284. The summed E-state index contributed by atoms with van der Waals surface area (Å²) in [5, 5.41) is 7.63. The van der Waals surface area contributed by atoms with Crippen molar-refractivity contribution in [3.05, 3.63) is 46.2 Å². The van der Waals surface area contributed by atoms with Crippen molar-refractivity contribution in [3.63, 3.8) is 0 Å². The van der Waals surface area contributed by atoms with E-state index in [1.807, 2.05) is 37.1 Å². The number of benzene rings is 1. The van der Waals surface area contributed by atoms with Gasteiger partial charge in [-0.1, -0.05) is 15.9 Å². The molecule has 0 aliphatic rings. The lowest BCUT2D eigenvalue weighted by Crippen LogP contribution is -2.15. The fourth-order valence-corrected chi connectivity index (χ4v) is 2.16. The average molecular weight is 294 g/mol. The van der Waals surface area contributed by atoms with Gasteiger partial charge in [-0.15, -0.1) is 0 Å². The van der Waals surface area contributed by atoms with Gasteiger partial charge in [-0.3, -0.25) is 0 Å². The molecule has 0 aliphatic carbocycles. The highest BCUT2D eigenvalue weighted by Gasteiger charge is 2.11. The quantitative estimate of drug-likeness (QED) is 0.942. The van der Waals surface area contributed by atoms with Gasteiger partial charge < -0.3 is 5.32 Å². The van der Waals surface area contributed by atoms with Gasteiger partial charge >= 0.3 is 0 Å². The molecule has 0 amide bonds. The van der Waals surface area contributed by atoms with Crippen molar-refractivity contribution < 1.29 is 0 Å². The highest BCUT2D eigenvalue weighted by Crippen LogP contribution is 2.25. The first kappa shape index (κ1) is 12.3. The summed E-state index contributed by atoms with van der Waals surface area (Å²) >= 11 is 3.51. The summed E-state index contributed by atoms with van der Waals surface area (Å²) in [6.07, 6.45) is 3.91. The Morgan fingerprint density at radius 3 is 2.76 bits per heavy atom. The maximum atomic E-state index is 4.37. The topological polar surface area (TPSA) is 29.9 Å². The summed E-state index contributed by atoms with van der Waals surface area (Å²) in [4.78, 5) is 0. The number of nitrogens with one attached hydrogen (secondary N) is 1. The molecule has 4 heteroatoms. The van der Waals surface area contributed by atoms with Gasteiger partial charge in [0.05, 0.1) is 11.9 Å². The van der Waals surface area contributed by atoms with Crippen LogP contribution >= 0.6 is 15.9 Å². The van der Waals surface area contributed by atoms with Crippen molar-refractivity contribution in [1.29, 1.82) is 0 Å². The van der Waals surface area contributed by atoms with Gasteiger partial charge in [0.1, 0.15) is 0 Å². The lowest BCUT2D eigenvalue weighted by atomic mass is 10.1. The van der Waals surface area contributed by atoms with E-state index in [1.54, 1.807) is 0 Å². The normalized spacial score (nSPS) is 12.7. The largest absolute Gasteiger partial charge is 0.313 e. The zero-order valence-electron chi connectivity index (χ0n) is 10.2. The molecule has 2 aromatic rings. The number of aromatic nitrogens is 2. The van der Waals surface area contributed by atoms with Crippen LogP contribution in [0.5, 0.6) is 0 Å². The minimum absolute atomic E-state index is 0.284. The third kappa shape index (κ3) is 2.58. The second-order valence-electron chi connectivity index (χ2n) is 4.18. The van der Waals surface area contributed by atoms with E-state index in [1.165, 1.54) is 5.56 Å². The number of rotatable bonds is 3. The zero-order valence-corrected chi connectivity index (χ0v) is 11.8. The Morgan fingerprint density at radius 1 is 1.41 bits per heavy atom. The summed E-state index contributed by atoms with van der Waals surface area (Å²) in [5.41, 5.74) is 3.50. The number of halogens is 1. The molecule has 0 radical (unpaired) electrons. The van der Waals surface area contributed by atoms with Crippen LogP contribution in [0.3, 0.4) is 0 Å². The van der Waals surface area contributed by atoms with E-state index in [2.05, 4.69) is 45.4 Å². The van der Waals surface area contributed by atoms with Gasteiger partial charge in [-0.2, -0.15) is 5.10 Å². The summed E-state index contributed by atoms with van der Waals surface area (Å²) in [6, 6.07) is 6.54. The lowest BCUT2D eigenvalue weighted by molar-refractivity contribution is 0.643. The summed E-state index contributed by atoms with van der Waals surface area (Å²) in [7, 11) is 1.96. The van der Waals surface area contributed by atoms with Crippen LogP contribution in [0.1, 0.15) is 24.1 Å². The first-order chi connectivity index (χ1) is 8.11. The molecule has 1 heterocycles. The van der Waals surface area contributed by atoms with Crippen LogP contribution in [-0.4, -0.2) is 16.8 Å². The molecule has 1 atom stereocenters. The van der Waals surface area contributed by atoms with Crippen LogP contribution in [0.15, 0.2) is 35.1 Å². The van der Waals surface area contributed by atoms with Crippen molar-refractivity contribution in [2.45, 2.75) is 19.9 Å². The van der Waals surface area contributed by atoms with Crippen LogP contribution in [0.25, 0.3) is 5.69 Å². The van der Waals surface area contributed by atoms with E-state index in [0.29, 0.717) is 0 Å². The van der Waals surface area contributed by atoms with Crippen LogP contribution < -0.4 is 5.32 Å². The second kappa shape index (κ2) is 5.02. The second-order valence-corrected chi connectivity index (χ2v) is 5.09. The highest BCUT2D eigenvalue weighted by molar-refractivity contribution is 9.10. The molecule has 1 aromatic carbocycles. The smallest absolute Gasteiger partial charge is 0.0694 e. The van der Waals surface area contributed by atoms with Gasteiger partial charge in [-0.25, -0.2) is 4.68 Å². The van der Waals surface area contributed by atoms with Gasteiger partial charge in [-0.05, 0) is 50.2 Å². The van der Waals surface area contributed by atoms with Crippen molar-refractivity contribution in [2.75, 3.05) is 7.05 Å². The molecule has 3 nitrogen and oxygen atoms in total. The predicted octanol–water partition coefficient (Wildman–Crippen LogP) is 3.22. The number of hydrogen-bond donors (Lipinski definition) is 1. The lowest BCUT2D eigenvalue weighted by Gasteiger charge is -2.16. The third-order valence-electron chi connectivity index (χ3n) is 2.85. The molecule has 2 rings (SSSR count). The Morgan fingerprint density at radius 2 is 2.18 bits per heavy atom. The fourth-order valence-electron chi connectivity index (χ4n) is 1.78. The molecule has 90 valence electrons. The minimum Gasteiger partial charge on any atom is -0.313 e. The van der Waals surface area contributed by atoms with Crippen LogP contribution in [0.2, 0.25) is 0 Å². The van der Waals surface area contributed by atoms with Gasteiger partial charge in [0.15, 0.2) is 0 Å². The summed E-state index contributed by atoms with van der Waals surface area (Å²) in [5.74, 6) is 0. The monoisotopic (exact) mass is 293 g/mol. The Bertz CT molecular complexity index is 519. The predicted molar refractivity (Wildman–Crippen MR) is 73.5 cm³/mol. The molecule has 17 heavy (non-hydrogen) atoms. The van der Waals surface area contributed by atoms with Gasteiger partial charge in [0, 0.05) is 16.7 Å². The fraction of sp³-hybridized carbons (Fsp3) is 0.308. The van der Waals surface area contributed by atoms with E-state index in [0.717, 1.165) is 15.7 Å². The van der Waals surface area contributed by atoms with Crippen LogP contribution in [-0.2, 0) is 0 Å². The maximum absolute atomic E-state index is 4.37. The molecule has 0 spiro atoms. The van der Waals surface area contributed by atoms with Crippen molar-refractivity contribution in [1.82, 2.24) is 15.1 Å². The summed E-state index contributed by atoms with van der Waals surface area (Å²) in [6.45, 7) is 4.19. The van der Waals surface area contributed by atoms with Crippen LogP contribution in [0.4, 0.5) is 0 Å². The zero-order chi connectivity index (χ0) is 12.4. The number of nitrogens with zero attached hydrogens (tertiary/aromatic N) is 2. The molecular formula is C13H16BrN3. The maximum Gasteiger partial charge on any atom is 0.0694 e. The first-order valence-corrected chi connectivity index (χ1v) is 6.39. The Labute approximate surface area is 110 Å². The molecule has 0 saturated carbocycles. The molecule has 0 saturated heterocycles. The average Bonchev–Trinajstić information content (AvgIpc) is 2.74. The summed E-state index contributed by atoms with van der Waals surface area (Å²) < 4.78 is 3.01. The van der Waals surface area contributed by atoms with Crippen molar-refractivity contribution in [2.24, 2.45) is 0 Å². The first-order valence-electron chi connectivity index (χ1n) is 5.60. The van der Waals surface area contributed by atoms with E-state index in [-0.39, 0.29) is 6.04 Å². The standard InChI is InChI=1S/C13H16BrN3/c1-9-7-16-17(8-9)13-5-4-11(14)6-12(13)10(2)15-3/h4-8,10,15H,1-3H3. The van der Waals surface area contributed by atoms with E-state index in [4.69, 9.17) is 0 Å². The Balaban J connectivity index is 2.53. The van der Waals surface area contributed by atoms with Crippen LogP contribution in [0, 0.1) is 6.92 Å². The molecule has 0 aliphatic heterocycles. The van der Waals surface area contributed by atoms with Crippen molar-refractivity contribution in [3.8, 4) is 5.69 Å². The Hall–Kier alpha value is -1.13. The molecule has 0 fully saturated rings. The molecular weight excluding hydrogens is 278 g/mol. The highest BCUT2D eigenvalue weighted by atomic mass is 79.9. The third-order valence-corrected chi connectivity index (χ3v) is 3.34. The van der Waals surface area contributed by atoms with E-state index >= 15 is 0 Å². The van der Waals surface area contributed by atoms with E-state index in [9.17, 15) is 0 Å². The molecule has 1 unspecified atom stereocenters. The number of hydrogen-bond acceptors (Lipinski definition) is 2. The molecule has 1 aromatic heterocycles. The molecule has 1 N–H and O–H groups in total. The van der Waals surface area contributed by atoms with Gasteiger partial charge in [0.25, 0.3) is 0 Å². The Kier molecular flexibility index (Phi) is 3.64. The van der Waals surface area contributed by atoms with Crippen molar-refractivity contribution >= 4 is 15.9 Å². The van der Waals surface area contributed by atoms with Gasteiger partial charge in [0.2, 0.25) is 0 Å².